The summed E-state index contributed by atoms with van der Waals surface area (Å²) < 4.78 is 1.84. The molecule has 188 valence electrons. The molecule has 2 aliphatic rings. The summed E-state index contributed by atoms with van der Waals surface area (Å²) in [6, 6.07) is 9.99. The molecule has 0 atom stereocenters. The number of hydrogen-bond donors (Lipinski definition) is 0. The van der Waals surface area contributed by atoms with E-state index in [4.69, 9.17) is 4.84 Å². The minimum absolute atomic E-state index is 0.0270. The van der Waals surface area contributed by atoms with E-state index in [1.807, 2.05) is 24.0 Å². The molecule has 0 N–H and O–H groups in total. The number of amides is 1. The van der Waals surface area contributed by atoms with Gasteiger partial charge in [-0.3, -0.25) is 9.69 Å². The summed E-state index contributed by atoms with van der Waals surface area (Å²) in [5.41, 5.74) is 4.08. The highest BCUT2D eigenvalue weighted by Gasteiger charge is 2.40. The molecule has 2 saturated heterocycles. The average molecular weight is 544 g/mol. The van der Waals surface area contributed by atoms with Crippen LogP contribution in [0, 0.1) is 25.0 Å². The Morgan fingerprint density at radius 1 is 1.11 bits per heavy atom. The van der Waals surface area contributed by atoms with E-state index in [0.717, 1.165) is 64.8 Å². The van der Waals surface area contributed by atoms with Gasteiger partial charge >= 0.3 is 0 Å². The van der Waals surface area contributed by atoms with Crippen molar-refractivity contribution >= 4 is 27.5 Å². The molecule has 1 aromatic carbocycles. The van der Waals surface area contributed by atoms with Crippen molar-refractivity contribution in [1.29, 1.82) is 0 Å². The standard InChI is InChI=1S/C27H35BrN4O3/c1-19-9-16-32(34)20(2)24(19)26(33)30-17-12-27(3,13-18-30)31-14-10-22(11-15-31)25(29-35-4)21-5-7-23(28)8-6-21/h5-9,16,22H,10-15,17-18H2,1-4H3/b29-25-. The largest absolute Gasteiger partial charge is 0.618 e. The van der Waals surface area contributed by atoms with Crippen LogP contribution < -0.4 is 4.73 Å². The Hall–Kier alpha value is -2.45. The van der Waals surface area contributed by atoms with Gasteiger partial charge in [0.1, 0.15) is 12.7 Å². The monoisotopic (exact) mass is 542 g/mol. The lowest BCUT2D eigenvalue weighted by Gasteiger charge is -2.49. The van der Waals surface area contributed by atoms with E-state index in [9.17, 15) is 10.0 Å². The Bertz CT molecular complexity index is 1090. The van der Waals surface area contributed by atoms with Gasteiger partial charge in [0.2, 0.25) is 5.69 Å². The van der Waals surface area contributed by atoms with Gasteiger partial charge in [-0.2, -0.15) is 4.73 Å². The maximum absolute atomic E-state index is 13.2. The minimum Gasteiger partial charge on any atom is -0.618 e. The van der Waals surface area contributed by atoms with Crippen molar-refractivity contribution in [2.24, 2.45) is 11.1 Å². The summed E-state index contributed by atoms with van der Waals surface area (Å²) in [7, 11) is 1.61. The first kappa shape index (κ1) is 25.6. The van der Waals surface area contributed by atoms with Crippen LogP contribution >= 0.6 is 15.9 Å². The smallest absolute Gasteiger partial charge is 0.260 e. The molecule has 0 bridgehead atoms. The molecule has 4 rings (SSSR count). The van der Waals surface area contributed by atoms with Gasteiger partial charge in [-0.1, -0.05) is 33.2 Å². The highest BCUT2D eigenvalue weighted by molar-refractivity contribution is 9.10. The molecule has 2 aliphatic heterocycles. The quantitative estimate of drug-likeness (QED) is 0.242. The molecule has 0 saturated carbocycles. The van der Waals surface area contributed by atoms with Crippen LogP contribution in [-0.4, -0.2) is 60.2 Å². The van der Waals surface area contributed by atoms with Gasteiger partial charge in [-0.05, 0) is 75.9 Å². The number of likely N-dealkylation sites (tertiary alicyclic amines) is 2. The van der Waals surface area contributed by atoms with E-state index in [0.29, 0.717) is 30.3 Å². The van der Waals surface area contributed by atoms with E-state index >= 15 is 0 Å². The topological polar surface area (TPSA) is 72.1 Å². The molecule has 3 heterocycles. The van der Waals surface area contributed by atoms with Crippen molar-refractivity contribution in [1.82, 2.24) is 9.80 Å². The zero-order valence-corrected chi connectivity index (χ0v) is 22.7. The number of carbonyl (C=O) groups is 1. The van der Waals surface area contributed by atoms with Crippen LogP contribution in [0.1, 0.15) is 59.8 Å². The number of carbonyl (C=O) groups excluding carboxylic acids is 1. The van der Waals surface area contributed by atoms with E-state index in [-0.39, 0.29) is 11.4 Å². The first-order valence-corrected chi connectivity index (χ1v) is 13.1. The fraction of sp³-hybridized carbons (Fsp3) is 0.519. The lowest BCUT2D eigenvalue weighted by molar-refractivity contribution is -0.612. The van der Waals surface area contributed by atoms with Crippen LogP contribution in [0.15, 0.2) is 46.2 Å². The summed E-state index contributed by atoms with van der Waals surface area (Å²) in [6.45, 7) is 9.37. The molecule has 0 radical (unpaired) electrons. The predicted octanol–water partition coefficient (Wildman–Crippen LogP) is 4.46. The summed E-state index contributed by atoms with van der Waals surface area (Å²) in [5, 5.41) is 16.4. The second-order valence-electron chi connectivity index (χ2n) is 10.0. The number of benzene rings is 1. The summed E-state index contributed by atoms with van der Waals surface area (Å²) in [5.74, 6) is 0.335. The molecule has 2 fully saturated rings. The van der Waals surface area contributed by atoms with Crippen LogP contribution in [0.5, 0.6) is 0 Å². The highest BCUT2D eigenvalue weighted by atomic mass is 79.9. The molecule has 0 spiro atoms. The lowest BCUT2D eigenvalue weighted by Crippen LogP contribution is -2.57. The van der Waals surface area contributed by atoms with Crippen molar-refractivity contribution in [3.05, 3.63) is 68.6 Å². The second kappa shape index (κ2) is 10.7. The van der Waals surface area contributed by atoms with Gasteiger partial charge in [-0.15, -0.1) is 0 Å². The summed E-state index contributed by atoms with van der Waals surface area (Å²) in [6.07, 6.45) is 5.39. The van der Waals surface area contributed by atoms with Crippen LogP contribution in [-0.2, 0) is 4.84 Å². The zero-order chi connectivity index (χ0) is 25.2. The van der Waals surface area contributed by atoms with Crippen molar-refractivity contribution < 1.29 is 14.4 Å². The summed E-state index contributed by atoms with van der Waals surface area (Å²) >= 11 is 3.51. The number of nitrogens with zero attached hydrogens (tertiary/aromatic N) is 4. The number of hydrogen-bond acceptors (Lipinski definition) is 5. The van der Waals surface area contributed by atoms with Crippen molar-refractivity contribution in [3.8, 4) is 0 Å². The molecule has 1 amide bonds. The predicted molar refractivity (Wildman–Crippen MR) is 140 cm³/mol. The van der Waals surface area contributed by atoms with E-state index < -0.39 is 0 Å². The Balaban J connectivity index is 1.38. The van der Waals surface area contributed by atoms with Gasteiger partial charge in [-0.25, -0.2) is 0 Å². The first-order valence-electron chi connectivity index (χ1n) is 12.3. The Morgan fingerprint density at radius 3 is 2.34 bits per heavy atom. The molecule has 8 heteroatoms. The fourth-order valence-electron chi connectivity index (χ4n) is 5.53. The number of pyridine rings is 1. The number of piperidine rings is 2. The maximum Gasteiger partial charge on any atom is 0.260 e. The molecule has 1 aromatic heterocycles. The number of oxime groups is 1. The summed E-state index contributed by atoms with van der Waals surface area (Å²) in [4.78, 5) is 23.0. The average Bonchev–Trinajstić information content (AvgIpc) is 2.86. The number of rotatable bonds is 5. The van der Waals surface area contributed by atoms with Crippen LogP contribution in [0.3, 0.4) is 0 Å². The SMILES string of the molecule is CO/N=C(/c1ccc(Br)cc1)C1CCN(C2(C)CCN(C(=O)c3c(C)cc[n+]([O-])c3C)CC2)CC1. The van der Waals surface area contributed by atoms with Gasteiger partial charge in [0.15, 0.2) is 6.20 Å². The third-order valence-corrected chi connectivity index (χ3v) is 8.39. The number of aromatic nitrogens is 1. The molecule has 0 aliphatic carbocycles. The van der Waals surface area contributed by atoms with E-state index in [1.54, 1.807) is 20.1 Å². The normalized spacial score (nSPS) is 19.6. The molecule has 0 unspecified atom stereocenters. The van der Waals surface area contributed by atoms with Crippen LogP contribution in [0.25, 0.3) is 0 Å². The number of halogens is 1. The fourth-order valence-corrected chi connectivity index (χ4v) is 5.80. The molecular weight excluding hydrogens is 508 g/mol. The van der Waals surface area contributed by atoms with Crippen LogP contribution in [0.2, 0.25) is 0 Å². The van der Waals surface area contributed by atoms with Gasteiger partial charge in [0, 0.05) is 42.0 Å². The third-order valence-electron chi connectivity index (χ3n) is 7.86. The highest BCUT2D eigenvalue weighted by Crippen LogP contribution is 2.34. The maximum atomic E-state index is 13.2. The van der Waals surface area contributed by atoms with Gasteiger partial charge < -0.3 is 14.9 Å². The molecule has 35 heavy (non-hydrogen) atoms. The first-order chi connectivity index (χ1) is 16.7. The van der Waals surface area contributed by atoms with Crippen molar-refractivity contribution in [3.63, 3.8) is 0 Å². The molecule has 7 nitrogen and oxygen atoms in total. The van der Waals surface area contributed by atoms with Crippen LogP contribution in [0.4, 0.5) is 0 Å². The Labute approximate surface area is 216 Å². The van der Waals surface area contributed by atoms with Gasteiger partial charge in [0.25, 0.3) is 5.91 Å². The second-order valence-corrected chi connectivity index (χ2v) is 10.9. The Kier molecular flexibility index (Phi) is 7.81. The zero-order valence-electron chi connectivity index (χ0n) is 21.1. The van der Waals surface area contributed by atoms with E-state index in [1.165, 1.54) is 6.20 Å². The Morgan fingerprint density at radius 2 is 1.74 bits per heavy atom. The number of aryl methyl sites for hydroxylation is 1. The van der Waals surface area contributed by atoms with Gasteiger partial charge in [0.05, 0.1) is 5.71 Å². The molecule has 2 aromatic rings. The van der Waals surface area contributed by atoms with E-state index in [2.05, 4.69) is 45.0 Å². The lowest BCUT2D eigenvalue weighted by atomic mass is 9.82. The van der Waals surface area contributed by atoms with Crippen molar-refractivity contribution in [2.45, 2.75) is 52.0 Å². The minimum atomic E-state index is -0.0270. The van der Waals surface area contributed by atoms with Crippen molar-refractivity contribution in [2.75, 3.05) is 33.3 Å². The molecular formula is C27H35BrN4O3. The third kappa shape index (κ3) is 5.38.